The van der Waals surface area contributed by atoms with Crippen LogP contribution in [0.15, 0.2) is 64.3 Å². The Balaban J connectivity index is 1.82. The van der Waals surface area contributed by atoms with Gasteiger partial charge in [-0.3, -0.25) is 4.79 Å². The van der Waals surface area contributed by atoms with Gasteiger partial charge in [-0.1, -0.05) is 41.5 Å². The van der Waals surface area contributed by atoms with Gasteiger partial charge in [0.25, 0.3) is 5.56 Å². The van der Waals surface area contributed by atoms with Crippen LogP contribution < -0.4 is 10.3 Å². The van der Waals surface area contributed by atoms with Gasteiger partial charge in [0.1, 0.15) is 5.69 Å². The Hall–Kier alpha value is -3.25. The predicted octanol–water partition coefficient (Wildman–Crippen LogP) is 4.96. The van der Waals surface area contributed by atoms with Crippen LogP contribution in [-0.4, -0.2) is 14.2 Å². The molecule has 0 aliphatic rings. The average Bonchev–Trinajstić information content (AvgIpc) is 2.68. The van der Waals surface area contributed by atoms with E-state index in [0.29, 0.717) is 28.0 Å². The second kappa shape index (κ2) is 7.88. The topological polar surface area (TPSA) is 74.8 Å². The molecular formula is C24H23N3O2S. The molecule has 0 aliphatic carbocycles. The number of nitrogens with one attached hydrogen (secondary N) is 2. The lowest BCUT2D eigenvalue weighted by molar-refractivity contribution is 0.685. The van der Waals surface area contributed by atoms with Crippen molar-refractivity contribution in [3.8, 4) is 11.3 Å². The molecule has 1 atom stereocenters. The summed E-state index contributed by atoms with van der Waals surface area (Å²) in [5, 5.41) is 0. The molecule has 0 spiro atoms. The molecule has 3 aromatic carbocycles. The number of benzene rings is 3. The minimum absolute atomic E-state index is 0.282. The first-order valence-corrected chi connectivity index (χ1v) is 10.8. The number of hydrogen-bond donors (Lipinski definition) is 2. The van der Waals surface area contributed by atoms with Gasteiger partial charge < -0.3 is 9.71 Å². The predicted molar refractivity (Wildman–Crippen MR) is 123 cm³/mol. The molecule has 5 nitrogen and oxygen atoms in total. The third-order valence-corrected chi connectivity index (χ3v) is 6.44. The highest BCUT2D eigenvalue weighted by atomic mass is 32.2. The standard InChI is InChI=1S/C24H23N3O2S/c1-14-9-10-19(27-30(29)23-16(3)11-15(2)12-17(23)4)18(13-14)22-24(28)26-21-8-6-5-7-20(21)25-22/h5-13,27H,1-4H3,(H,26,28)/t30-/m0/s1. The van der Waals surface area contributed by atoms with E-state index in [1.165, 1.54) is 0 Å². The van der Waals surface area contributed by atoms with Crippen LogP contribution >= 0.6 is 0 Å². The SMILES string of the molecule is Cc1cc(C)c([S@](=O)Nc2ccc(C)cc2-c2nc3ccccc3[nH]c2=O)c(C)c1. The molecule has 0 saturated heterocycles. The summed E-state index contributed by atoms with van der Waals surface area (Å²) in [7, 11) is -1.48. The summed E-state index contributed by atoms with van der Waals surface area (Å²) in [6.07, 6.45) is 0. The van der Waals surface area contributed by atoms with Crippen molar-refractivity contribution in [1.29, 1.82) is 0 Å². The smallest absolute Gasteiger partial charge is 0.275 e. The largest absolute Gasteiger partial charge is 0.319 e. The summed E-state index contributed by atoms with van der Waals surface area (Å²) in [5.41, 5.74) is 6.68. The maximum atomic E-state index is 13.2. The summed E-state index contributed by atoms with van der Waals surface area (Å²) in [4.78, 5) is 21.0. The number of fused-ring (bicyclic) bond motifs is 1. The minimum atomic E-state index is -1.48. The summed E-state index contributed by atoms with van der Waals surface area (Å²) in [6.45, 7) is 7.89. The Morgan fingerprint density at radius 2 is 1.60 bits per heavy atom. The third kappa shape index (κ3) is 3.78. The van der Waals surface area contributed by atoms with E-state index >= 15 is 0 Å². The van der Waals surface area contributed by atoms with Crippen molar-refractivity contribution in [3.63, 3.8) is 0 Å². The van der Waals surface area contributed by atoms with Gasteiger partial charge >= 0.3 is 0 Å². The van der Waals surface area contributed by atoms with Crippen molar-refractivity contribution in [2.24, 2.45) is 0 Å². The van der Waals surface area contributed by atoms with Crippen LogP contribution in [0.3, 0.4) is 0 Å². The Bertz CT molecular complexity index is 1340. The molecule has 1 heterocycles. The Labute approximate surface area is 177 Å². The number of aromatic nitrogens is 2. The fourth-order valence-electron chi connectivity index (χ4n) is 3.77. The van der Waals surface area contributed by atoms with E-state index in [4.69, 9.17) is 0 Å². The molecule has 0 unspecified atom stereocenters. The highest BCUT2D eigenvalue weighted by molar-refractivity contribution is 7.86. The van der Waals surface area contributed by atoms with Gasteiger partial charge in [0.2, 0.25) is 0 Å². The van der Waals surface area contributed by atoms with E-state index < -0.39 is 11.0 Å². The molecule has 0 bridgehead atoms. The van der Waals surface area contributed by atoms with E-state index in [1.54, 1.807) is 0 Å². The second-order valence-electron chi connectivity index (χ2n) is 7.58. The zero-order valence-electron chi connectivity index (χ0n) is 17.4. The number of aryl methyl sites for hydroxylation is 4. The van der Waals surface area contributed by atoms with Crippen molar-refractivity contribution in [2.75, 3.05) is 4.72 Å². The van der Waals surface area contributed by atoms with Gasteiger partial charge in [0.15, 0.2) is 11.0 Å². The molecule has 4 rings (SSSR count). The minimum Gasteiger partial charge on any atom is -0.319 e. The van der Waals surface area contributed by atoms with Crippen LogP contribution in [0.2, 0.25) is 0 Å². The van der Waals surface area contributed by atoms with Crippen LogP contribution in [-0.2, 0) is 11.0 Å². The first-order valence-electron chi connectivity index (χ1n) is 9.70. The summed E-state index contributed by atoms with van der Waals surface area (Å²) in [6, 6.07) is 17.1. The van der Waals surface area contributed by atoms with Crippen molar-refractivity contribution in [3.05, 3.63) is 87.2 Å². The van der Waals surface area contributed by atoms with Crippen LogP contribution in [0.1, 0.15) is 22.3 Å². The Kier molecular flexibility index (Phi) is 5.26. The quantitative estimate of drug-likeness (QED) is 0.493. The van der Waals surface area contributed by atoms with Crippen LogP contribution in [0, 0.1) is 27.7 Å². The van der Waals surface area contributed by atoms with Gasteiger partial charge in [-0.25, -0.2) is 9.19 Å². The average molecular weight is 418 g/mol. The van der Waals surface area contributed by atoms with Gasteiger partial charge in [0.05, 0.1) is 21.6 Å². The summed E-state index contributed by atoms with van der Waals surface area (Å²) in [5.74, 6) is 0. The maximum absolute atomic E-state index is 13.2. The fraction of sp³-hybridized carbons (Fsp3) is 0.167. The zero-order chi connectivity index (χ0) is 21.4. The molecule has 1 aromatic heterocycles. The number of aromatic amines is 1. The highest BCUT2D eigenvalue weighted by Crippen LogP contribution is 2.29. The molecule has 152 valence electrons. The van der Waals surface area contributed by atoms with Crippen molar-refractivity contribution < 1.29 is 4.21 Å². The molecule has 30 heavy (non-hydrogen) atoms. The van der Waals surface area contributed by atoms with E-state index in [0.717, 1.165) is 27.1 Å². The molecule has 0 saturated carbocycles. The number of hydrogen-bond acceptors (Lipinski definition) is 3. The van der Waals surface area contributed by atoms with Gasteiger partial charge in [-0.2, -0.15) is 0 Å². The first kappa shape index (κ1) is 20.0. The number of H-pyrrole nitrogens is 1. The lowest BCUT2D eigenvalue weighted by Gasteiger charge is -2.15. The lowest BCUT2D eigenvalue weighted by atomic mass is 10.1. The summed E-state index contributed by atoms with van der Waals surface area (Å²) < 4.78 is 16.3. The van der Waals surface area contributed by atoms with Crippen molar-refractivity contribution >= 4 is 27.7 Å². The molecule has 4 aromatic rings. The van der Waals surface area contributed by atoms with E-state index in [9.17, 15) is 9.00 Å². The maximum Gasteiger partial charge on any atom is 0.275 e. The van der Waals surface area contributed by atoms with Gasteiger partial charge in [0, 0.05) is 5.56 Å². The van der Waals surface area contributed by atoms with Crippen LogP contribution in [0.25, 0.3) is 22.3 Å². The number of para-hydroxylation sites is 2. The van der Waals surface area contributed by atoms with Crippen molar-refractivity contribution in [1.82, 2.24) is 9.97 Å². The highest BCUT2D eigenvalue weighted by Gasteiger charge is 2.17. The molecular weight excluding hydrogens is 394 g/mol. The molecule has 2 N–H and O–H groups in total. The Morgan fingerprint density at radius 1 is 0.900 bits per heavy atom. The van der Waals surface area contributed by atoms with E-state index in [-0.39, 0.29) is 5.56 Å². The summed E-state index contributed by atoms with van der Waals surface area (Å²) >= 11 is 0. The normalized spacial score (nSPS) is 12.1. The van der Waals surface area contributed by atoms with Crippen molar-refractivity contribution in [2.45, 2.75) is 32.6 Å². The third-order valence-electron chi connectivity index (χ3n) is 5.02. The number of anilines is 1. The first-order chi connectivity index (χ1) is 14.3. The monoisotopic (exact) mass is 417 g/mol. The molecule has 6 heteroatoms. The fourth-order valence-corrected chi connectivity index (χ4v) is 4.95. The lowest BCUT2D eigenvalue weighted by Crippen LogP contribution is -2.14. The Morgan fingerprint density at radius 3 is 2.33 bits per heavy atom. The molecule has 0 aliphatic heterocycles. The van der Waals surface area contributed by atoms with Crippen LogP contribution in [0.4, 0.5) is 5.69 Å². The number of nitrogens with zero attached hydrogens (tertiary/aromatic N) is 1. The van der Waals surface area contributed by atoms with E-state index in [2.05, 4.69) is 14.7 Å². The van der Waals surface area contributed by atoms with Gasteiger partial charge in [-0.15, -0.1) is 0 Å². The zero-order valence-corrected chi connectivity index (χ0v) is 18.2. The molecule has 0 radical (unpaired) electrons. The van der Waals surface area contributed by atoms with Gasteiger partial charge in [-0.05, 0) is 63.1 Å². The molecule has 0 amide bonds. The molecule has 0 fully saturated rings. The van der Waals surface area contributed by atoms with Crippen LogP contribution in [0.5, 0.6) is 0 Å². The second-order valence-corrected chi connectivity index (χ2v) is 8.73. The van der Waals surface area contributed by atoms with E-state index in [1.807, 2.05) is 82.3 Å². The number of rotatable bonds is 4.